The van der Waals surface area contributed by atoms with Crippen molar-refractivity contribution >= 4 is 5.97 Å². The van der Waals surface area contributed by atoms with E-state index in [1.165, 1.54) is 7.11 Å². The van der Waals surface area contributed by atoms with Gasteiger partial charge in [-0.3, -0.25) is 4.79 Å². The number of carbonyl (C=O) groups excluding carboxylic acids is 1. The molecule has 2 atom stereocenters. The highest BCUT2D eigenvalue weighted by Gasteiger charge is 2.49. The Morgan fingerprint density at radius 3 is 1.93 bits per heavy atom. The highest BCUT2D eigenvalue weighted by atomic mass is 16.5. The predicted molar refractivity (Wildman–Crippen MR) is 49.8 cm³/mol. The molecule has 2 N–H and O–H groups in total. The summed E-state index contributed by atoms with van der Waals surface area (Å²) in [6, 6.07) is 0. The van der Waals surface area contributed by atoms with Crippen LogP contribution in [0.1, 0.15) is 12.8 Å². The highest BCUT2D eigenvalue weighted by Crippen LogP contribution is 2.32. The Kier molecular flexibility index (Phi) is 3.47. The monoisotopic (exact) mass is 203 g/mol. The summed E-state index contributed by atoms with van der Waals surface area (Å²) in [4.78, 5) is 11.4. The molecule has 1 aliphatic rings. The van der Waals surface area contributed by atoms with E-state index in [0.717, 1.165) is 0 Å². The lowest BCUT2D eigenvalue weighted by Crippen LogP contribution is -2.47. The quantitative estimate of drug-likeness (QED) is 0.636. The number of ether oxygens (including phenoxy) is 3. The first kappa shape index (κ1) is 11.4. The minimum atomic E-state index is -0.962. The lowest BCUT2D eigenvalue weighted by atomic mass is 9.99. The number of esters is 1. The van der Waals surface area contributed by atoms with Crippen LogP contribution in [0.15, 0.2) is 0 Å². The van der Waals surface area contributed by atoms with Gasteiger partial charge in [-0.15, -0.1) is 0 Å². The van der Waals surface area contributed by atoms with Gasteiger partial charge in [0.1, 0.15) is 5.54 Å². The zero-order valence-electron chi connectivity index (χ0n) is 8.78. The van der Waals surface area contributed by atoms with Crippen LogP contribution in [0.4, 0.5) is 0 Å². The Bertz CT molecular complexity index is 207. The second kappa shape index (κ2) is 4.25. The SMILES string of the molecule is COC(=O)C1(N)CC(OC)C(OC)C1. The molecule has 2 unspecified atom stereocenters. The van der Waals surface area contributed by atoms with E-state index in [-0.39, 0.29) is 12.2 Å². The Morgan fingerprint density at radius 1 is 1.21 bits per heavy atom. The molecule has 0 spiro atoms. The first-order chi connectivity index (χ1) is 6.57. The molecule has 0 bridgehead atoms. The summed E-state index contributed by atoms with van der Waals surface area (Å²) >= 11 is 0. The second-order valence-corrected chi connectivity index (χ2v) is 3.60. The van der Waals surface area contributed by atoms with Gasteiger partial charge < -0.3 is 19.9 Å². The maximum atomic E-state index is 11.4. The molecule has 0 aromatic carbocycles. The number of methoxy groups -OCH3 is 3. The van der Waals surface area contributed by atoms with Gasteiger partial charge in [-0.2, -0.15) is 0 Å². The third kappa shape index (κ3) is 1.89. The van der Waals surface area contributed by atoms with Crippen molar-refractivity contribution in [2.45, 2.75) is 30.6 Å². The van der Waals surface area contributed by atoms with Crippen LogP contribution in [0.5, 0.6) is 0 Å². The van der Waals surface area contributed by atoms with Crippen LogP contribution in [-0.4, -0.2) is 45.0 Å². The Labute approximate surface area is 83.5 Å². The van der Waals surface area contributed by atoms with Gasteiger partial charge in [0, 0.05) is 27.1 Å². The largest absolute Gasteiger partial charge is 0.468 e. The summed E-state index contributed by atoms with van der Waals surface area (Å²) in [6.45, 7) is 0. The van der Waals surface area contributed by atoms with Gasteiger partial charge in [0.15, 0.2) is 0 Å². The molecule has 0 aromatic rings. The number of rotatable bonds is 3. The van der Waals surface area contributed by atoms with Crippen LogP contribution in [-0.2, 0) is 19.0 Å². The second-order valence-electron chi connectivity index (χ2n) is 3.60. The van der Waals surface area contributed by atoms with E-state index in [1.54, 1.807) is 14.2 Å². The summed E-state index contributed by atoms with van der Waals surface area (Å²) in [7, 11) is 4.50. The molecule has 5 heteroatoms. The molecule has 0 radical (unpaired) electrons. The fourth-order valence-electron chi connectivity index (χ4n) is 1.90. The Morgan fingerprint density at radius 2 is 1.64 bits per heavy atom. The zero-order valence-corrected chi connectivity index (χ0v) is 8.78. The van der Waals surface area contributed by atoms with Crippen molar-refractivity contribution in [3.63, 3.8) is 0 Å². The molecule has 0 aromatic heterocycles. The third-order valence-electron chi connectivity index (χ3n) is 2.74. The van der Waals surface area contributed by atoms with E-state index in [9.17, 15) is 4.79 Å². The van der Waals surface area contributed by atoms with Crippen molar-refractivity contribution < 1.29 is 19.0 Å². The summed E-state index contributed by atoms with van der Waals surface area (Å²) in [5.41, 5.74) is 4.95. The van der Waals surface area contributed by atoms with Gasteiger partial charge in [0.25, 0.3) is 0 Å². The molecular weight excluding hydrogens is 186 g/mol. The minimum absolute atomic E-state index is 0.135. The maximum Gasteiger partial charge on any atom is 0.326 e. The average Bonchev–Trinajstić information content (AvgIpc) is 2.55. The lowest BCUT2D eigenvalue weighted by Gasteiger charge is -2.19. The average molecular weight is 203 g/mol. The number of hydrogen-bond donors (Lipinski definition) is 1. The fourth-order valence-corrected chi connectivity index (χ4v) is 1.90. The molecule has 5 nitrogen and oxygen atoms in total. The van der Waals surface area contributed by atoms with Gasteiger partial charge in [-0.25, -0.2) is 0 Å². The Balaban J connectivity index is 2.72. The fraction of sp³-hybridized carbons (Fsp3) is 0.889. The van der Waals surface area contributed by atoms with E-state index in [2.05, 4.69) is 4.74 Å². The van der Waals surface area contributed by atoms with Crippen molar-refractivity contribution in [3.8, 4) is 0 Å². The molecule has 1 rings (SSSR count). The van der Waals surface area contributed by atoms with E-state index in [4.69, 9.17) is 15.2 Å². The van der Waals surface area contributed by atoms with Gasteiger partial charge in [0.05, 0.1) is 19.3 Å². The zero-order chi connectivity index (χ0) is 10.8. The van der Waals surface area contributed by atoms with Gasteiger partial charge in [-0.1, -0.05) is 0 Å². The smallest absolute Gasteiger partial charge is 0.326 e. The molecular formula is C9H17NO4. The van der Waals surface area contributed by atoms with Crippen LogP contribution in [0, 0.1) is 0 Å². The normalized spacial score (nSPS) is 37.1. The Hall–Kier alpha value is -0.650. The summed E-state index contributed by atoms with van der Waals surface area (Å²) in [6.07, 6.45) is 0.608. The van der Waals surface area contributed by atoms with Gasteiger partial charge in [0.2, 0.25) is 0 Å². The van der Waals surface area contributed by atoms with Crippen molar-refractivity contribution in [1.82, 2.24) is 0 Å². The number of nitrogens with two attached hydrogens (primary N) is 1. The topological polar surface area (TPSA) is 70.8 Å². The predicted octanol–water partition coefficient (Wildman–Crippen LogP) is -0.319. The lowest BCUT2D eigenvalue weighted by molar-refractivity contribution is -0.147. The summed E-state index contributed by atoms with van der Waals surface area (Å²) in [5, 5.41) is 0. The maximum absolute atomic E-state index is 11.4. The molecule has 1 saturated carbocycles. The molecule has 0 amide bonds. The van der Waals surface area contributed by atoms with Crippen LogP contribution in [0.3, 0.4) is 0 Å². The van der Waals surface area contributed by atoms with Gasteiger partial charge >= 0.3 is 5.97 Å². The van der Waals surface area contributed by atoms with Crippen LogP contribution in [0.2, 0.25) is 0 Å². The van der Waals surface area contributed by atoms with Crippen LogP contribution < -0.4 is 5.73 Å². The molecule has 0 aliphatic heterocycles. The molecule has 1 fully saturated rings. The molecule has 0 saturated heterocycles. The van der Waals surface area contributed by atoms with E-state index in [1.807, 2.05) is 0 Å². The minimum Gasteiger partial charge on any atom is -0.468 e. The molecule has 82 valence electrons. The number of hydrogen-bond acceptors (Lipinski definition) is 5. The first-order valence-corrected chi connectivity index (χ1v) is 4.50. The van der Waals surface area contributed by atoms with E-state index in [0.29, 0.717) is 12.8 Å². The summed E-state index contributed by atoms with van der Waals surface area (Å²) < 4.78 is 15.0. The molecule has 14 heavy (non-hydrogen) atoms. The van der Waals surface area contributed by atoms with Crippen LogP contribution >= 0.6 is 0 Å². The van der Waals surface area contributed by atoms with E-state index >= 15 is 0 Å². The first-order valence-electron chi connectivity index (χ1n) is 4.50. The van der Waals surface area contributed by atoms with Crippen molar-refractivity contribution in [2.24, 2.45) is 5.73 Å². The molecule has 1 aliphatic carbocycles. The number of carbonyl (C=O) groups is 1. The van der Waals surface area contributed by atoms with Crippen LogP contribution in [0.25, 0.3) is 0 Å². The molecule has 0 heterocycles. The third-order valence-corrected chi connectivity index (χ3v) is 2.74. The van der Waals surface area contributed by atoms with Crippen molar-refractivity contribution in [1.29, 1.82) is 0 Å². The summed E-state index contributed by atoms with van der Waals surface area (Å²) in [5.74, 6) is -0.404. The highest BCUT2D eigenvalue weighted by molar-refractivity contribution is 5.81. The van der Waals surface area contributed by atoms with Crippen molar-refractivity contribution in [3.05, 3.63) is 0 Å². The standard InChI is InChI=1S/C9H17NO4/c1-12-6-4-9(10,8(11)14-3)5-7(6)13-2/h6-7H,4-5,10H2,1-3H3. The van der Waals surface area contributed by atoms with Crippen molar-refractivity contribution in [2.75, 3.05) is 21.3 Å². The van der Waals surface area contributed by atoms with E-state index < -0.39 is 11.5 Å². The van der Waals surface area contributed by atoms with Gasteiger partial charge in [-0.05, 0) is 0 Å².